The van der Waals surface area contributed by atoms with Gasteiger partial charge in [-0.1, -0.05) is 6.07 Å². The van der Waals surface area contributed by atoms with E-state index in [-0.39, 0.29) is 23.0 Å². The molecule has 24 heavy (non-hydrogen) atoms. The van der Waals surface area contributed by atoms with E-state index in [1.54, 1.807) is 4.68 Å². The van der Waals surface area contributed by atoms with Crippen molar-refractivity contribution in [2.24, 2.45) is 0 Å². The Morgan fingerprint density at radius 3 is 2.50 bits per heavy atom. The first-order valence-corrected chi connectivity index (χ1v) is 7.26. The number of rotatable bonds is 2. The summed E-state index contributed by atoms with van der Waals surface area (Å²) in [7, 11) is 0. The van der Waals surface area contributed by atoms with Crippen LogP contribution in [0.2, 0.25) is 0 Å². The number of hydrogen-bond donors (Lipinski definition) is 0. The molecule has 8 heteroatoms. The topological polar surface area (TPSA) is 52.7 Å². The van der Waals surface area contributed by atoms with Gasteiger partial charge in [-0.05, 0) is 26.8 Å². The van der Waals surface area contributed by atoms with Crippen LogP contribution in [0.1, 0.15) is 26.3 Å². The number of benzene rings is 1. The third-order valence-electron chi connectivity index (χ3n) is 3.65. The van der Waals surface area contributed by atoms with Gasteiger partial charge in [0, 0.05) is 5.56 Å². The highest BCUT2D eigenvalue weighted by Crippen LogP contribution is 2.19. The lowest BCUT2D eigenvalue weighted by molar-refractivity contribution is 0.365. The predicted octanol–water partition coefficient (Wildman–Crippen LogP) is 2.81. The van der Waals surface area contributed by atoms with Gasteiger partial charge in [0.1, 0.15) is 11.7 Å². The Morgan fingerprint density at radius 2 is 1.83 bits per heavy atom. The van der Waals surface area contributed by atoms with Crippen LogP contribution in [0.3, 0.4) is 0 Å². The van der Waals surface area contributed by atoms with E-state index in [1.165, 1.54) is 12.5 Å². The minimum absolute atomic E-state index is 0.139. The second-order valence-corrected chi connectivity index (χ2v) is 6.48. The van der Waals surface area contributed by atoms with Crippen molar-refractivity contribution >= 4 is 11.0 Å². The predicted molar refractivity (Wildman–Crippen MR) is 82.2 cm³/mol. The lowest BCUT2D eigenvalue weighted by Gasteiger charge is -2.19. The van der Waals surface area contributed by atoms with Gasteiger partial charge < -0.3 is 0 Å². The Labute approximate surface area is 135 Å². The van der Waals surface area contributed by atoms with Crippen LogP contribution in [-0.2, 0) is 12.1 Å². The highest BCUT2D eigenvalue weighted by atomic mass is 19.2. The van der Waals surface area contributed by atoms with E-state index in [2.05, 4.69) is 10.1 Å². The van der Waals surface area contributed by atoms with E-state index >= 15 is 0 Å². The van der Waals surface area contributed by atoms with E-state index in [0.29, 0.717) is 5.65 Å². The summed E-state index contributed by atoms with van der Waals surface area (Å²) >= 11 is 0. The van der Waals surface area contributed by atoms with E-state index in [4.69, 9.17) is 0 Å². The molecule has 3 aromatic rings. The van der Waals surface area contributed by atoms with Crippen molar-refractivity contribution in [1.29, 1.82) is 0 Å². The van der Waals surface area contributed by atoms with E-state index in [0.717, 1.165) is 16.7 Å². The summed E-state index contributed by atoms with van der Waals surface area (Å²) in [6, 6.07) is 1.92. The maximum absolute atomic E-state index is 13.8. The van der Waals surface area contributed by atoms with Crippen LogP contribution in [0.25, 0.3) is 11.0 Å². The molecule has 0 saturated heterocycles. The van der Waals surface area contributed by atoms with Crippen LogP contribution in [0, 0.1) is 17.5 Å². The van der Waals surface area contributed by atoms with Gasteiger partial charge in [0.05, 0.1) is 18.3 Å². The zero-order chi connectivity index (χ0) is 17.6. The molecule has 0 atom stereocenters. The maximum Gasteiger partial charge on any atom is 0.264 e. The smallest absolute Gasteiger partial charge is 0.264 e. The van der Waals surface area contributed by atoms with Crippen molar-refractivity contribution in [2.45, 2.75) is 32.9 Å². The first-order chi connectivity index (χ1) is 11.2. The van der Waals surface area contributed by atoms with Crippen molar-refractivity contribution < 1.29 is 13.2 Å². The van der Waals surface area contributed by atoms with Gasteiger partial charge in [-0.25, -0.2) is 22.8 Å². The molecular formula is C16H15F3N4O. The fourth-order valence-corrected chi connectivity index (χ4v) is 2.42. The molecule has 126 valence electrons. The van der Waals surface area contributed by atoms with Crippen LogP contribution < -0.4 is 5.56 Å². The van der Waals surface area contributed by atoms with Crippen molar-refractivity contribution in [3.05, 3.63) is 58.0 Å². The summed E-state index contributed by atoms with van der Waals surface area (Å²) < 4.78 is 42.8. The number of nitrogens with zero attached hydrogens (tertiary/aromatic N) is 4. The molecule has 0 fully saturated rings. The average Bonchev–Trinajstić information content (AvgIpc) is 2.95. The van der Waals surface area contributed by atoms with Crippen LogP contribution >= 0.6 is 0 Å². The van der Waals surface area contributed by atoms with Crippen molar-refractivity contribution in [3.8, 4) is 0 Å². The molecule has 1 aromatic carbocycles. The zero-order valence-corrected chi connectivity index (χ0v) is 13.3. The monoisotopic (exact) mass is 336 g/mol. The van der Waals surface area contributed by atoms with Crippen LogP contribution in [0.15, 0.2) is 29.5 Å². The molecule has 0 N–H and O–H groups in total. The Morgan fingerprint density at radius 1 is 1.12 bits per heavy atom. The SMILES string of the molecule is CC(C)(C)n1ncc2c(=O)n(Cc3ccc(F)c(F)c3F)cnc21. The van der Waals surface area contributed by atoms with Gasteiger partial charge in [0.15, 0.2) is 23.1 Å². The number of hydrogen-bond acceptors (Lipinski definition) is 3. The molecule has 5 nitrogen and oxygen atoms in total. The number of aromatic nitrogens is 4. The molecule has 0 amide bonds. The Bertz CT molecular complexity index is 985. The standard InChI is InChI=1S/C16H15F3N4O/c1-16(2,3)23-14-10(6-21-23)15(24)22(8-20-14)7-9-4-5-11(17)13(19)12(9)18/h4-6,8H,7H2,1-3H3. The maximum atomic E-state index is 13.8. The van der Waals surface area contributed by atoms with Gasteiger partial charge in [-0.3, -0.25) is 9.36 Å². The molecule has 0 aliphatic heterocycles. The fourth-order valence-electron chi connectivity index (χ4n) is 2.42. The van der Waals surface area contributed by atoms with Gasteiger partial charge in [0.2, 0.25) is 0 Å². The molecule has 0 saturated carbocycles. The average molecular weight is 336 g/mol. The Hall–Kier alpha value is -2.64. The van der Waals surface area contributed by atoms with Crippen LogP contribution in [-0.4, -0.2) is 19.3 Å². The summed E-state index contributed by atoms with van der Waals surface area (Å²) in [5, 5.41) is 4.45. The summed E-state index contributed by atoms with van der Waals surface area (Å²) in [5.41, 5.74) is -0.519. The first-order valence-electron chi connectivity index (χ1n) is 7.26. The summed E-state index contributed by atoms with van der Waals surface area (Å²) in [6.07, 6.45) is 2.64. The lowest BCUT2D eigenvalue weighted by atomic mass is 10.1. The first kappa shape index (κ1) is 16.2. The summed E-state index contributed by atoms with van der Waals surface area (Å²) in [4.78, 5) is 16.7. The lowest BCUT2D eigenvalue weighted by Crippen LogP contribution is -2.25. The highest BCUT2D eigenvalue weighted by molar-refractivity contribution is 5.73. The Kier molecular flexibility index (Phi) is 3.70. The second kappa shape index (κ2) is 5.47. The van der Waals surface area contributed by atoms with Gasteiger partial charge >= 0.3 is 0 Å². The van der Waals surface area contributed by atoms with E-state index in [9.17, 15) is 18.0 Å². The van der Waals surface area contributed by atoms with Gasteiger partial charge in [-0.2, -0.15) is 5.10 Å². The molecule has 2 heterocycles. The molecule has 0 unspecified atom stereocenters. The van der Waals surface area contributed by atoms with E-state index in [1.807, 2.05) is 20.8 Å². The molecule has 2 aromatic heterocycles. The molecule has 0 bridgehead atoms. The number of halogens is 3. The minimum Gasteiger partial charge on any atom is -0.294 e. The van der Waals surface area contributed by atoms with Crippen LogP contribution in [0.4, 0.5) is 13.2 Å². The minimum atomic E-state index is -1.56. The fraction of sp³-hybridized carbons (Fsp3) is 0.312. The molecule has 0 radical (unpaired) electrons. The third kappa shape index (κ3) is 2.57. The van der Waals surface area contributed by atoms with Crippen molar-refractivity contribution in [1.82, 2.24) is 19.3 Å². The molecule has 0 spiro atoms. The molecule has 0 aliphatic carbocycles. The molecule has 3 rings (SSSR count). The third-order valence-corrected chi connectivity index (χ3v) is 3.65. The zero-order valence-electron chi connectivity index (χ0n) is 13.3. The van der Waals surface area contributed by atoms with Crippen LogP contribution in [0.5, 0.6) is 0 Å². The van der Waals surface area contributed by atoms with Gasteiger partial charge in [-0.15, -0.1) is 0 Å². The second-order valence-electron chi connectivity index (χ2n) is 6.48. The van der Waals surface area contributed by atoms with Gasteiger partial charge in [0.25, 0.3) is 5.56 Å². The number of fused-ring (bicyclic) bond motifs is 1. The summed E-state index contributed by atoms with van der Waals surface area (Å²) in [6.45, 7) is 5.50. The molecular weight excluding hydrogens is 321 g/mol. The van der Waals surface area contributed by atoms with Crippen molar-refractivity contribution in [3.63, 3.8) is 0 Å². The summed E-state index contributed by atoms with van der Waals surface area (Å²) in [5.74, 6) is -4.15. The van der Waals surface area contributed by atoms with Crippen molar-refractivity contribution in [2.75, 3.05) is 0 Å². The quantitative estimate of drug-likeness (QED) is 0.676. The normalized spacial score (nSPS) is 12.1. The molecule has 0 aliphatic rings. The largest absolute Gasteiger partial charge is 0.294 e. The highest BCUT2D eigenvalue weighted by Gasteiger charge is 2.20. The van der Waals surface area contributed by atoms with E-state index < -0.39 is 23.0 Å². The Balaban J connectivity index is 2.08.